The number of carbonyl (C=O) groups is 1. The lowest BCUT2D eigenvalue weighted by atomic mass is 10.2. The van der Waals surface area contributed by atoms with Gasteiger partial charge >= 0.3 is 0 Å². The molecule has 0 aliphatic heterocycles. The number of carbonyl (C=O) groups excluding carboxylic acids is 1. The Morgan fingerprint density at radius 3 is 2.38 bits per heavy atom. The molecule has 0 atom stereocenters. The van der Waals surface area contributed by atoms with Crippen molar-refractivity contribution in [2.24, 2.45) is 0 Å². The zero-order valence-electron chi connectivity index (χ0n) is 5.07. The van der Waals surface area contributed by atoms with E-state index in [9.17, 15) is 9.18 Å². The molecule has 0 aromatic carbocycles. The fraction of sp³-hybridized carbons (Fsp3) is 0.500. The normalized spacial score (nSPS) is 12.9. The van der Waals surface area contributed by atoms with Gasteiger partial charge in [0.25, 0.3) is 0 Å². The van der Waals surface area contributed by atoms with E-state index in [1.165, 1.54) is 0 Å². The van der Waals surface area contributed by atoms with E-state index in [0.29, 0.717) is 12.0 Å². The zero-order valence-corrected chi connectivity index (χ0v) is 5.07. The van der Waals surface area contributed by atoms with Crippen LogP contribution in [0.4, 0.5) is 4.39 Å². The van der Waals surface area contributed by atoms with E-state index >= 15 is 0 Å². The Bertz CT molecular complexity index is 116. The molecule has 0 amide bonds. The van der Waals surface area contributed by atoms with Gasteiger partial charge in [0.2, 0.25) is 0 Å². The van der Waals surface area contributed by atoms with E-state index in [2.05, 4.69) is 0 Å². The number of aldehydes is 1. The van der Waals surface area contributed by atoms with Crippen molar-refractivity contribution in [3.05, 3.63) is 11.4 Å². The van der Waals surface area contributed by atoms with Crippen LogP contribution in [0.3, 0.4) is 0 Å². The van der Waals surface area contributed by atoms with Gasteiger partial charge in [-0.15, -0.1) is 0 Å². The summed E-state index contributed by atoms with van der Waals surface area (Å²) in [5.74, 6) is -0.632. The van der Waals surface area contributed by atoms with Crippen LogP contribution in [0.25, 0.3) is 0 Å². The minimum absolute atomic E-state index is 0.235. The molecule has 0 aromatic heterocycles. The summed E-state index contributed by atoms with van der Waals surface area (Å²) in [4.78, 5) is 9.67. The summed E-state index contributed by atoms with van der Waals surface area (Å²) >= 11 is 0. The van der Waals surface area contributed by atoms with Gasteiger partial charge in [-0.1, -0.05) is 6.92 Å². The van der Waals surface area contributed by atoms with Crippen molar-refractivity contribution in [2.75, 3.05) is 0 Å². The number of hydrogen-bond donors (Lipinski definition) is 0. The molecule has 0 heterocycles. The highest BCUT2D eigenvalue weighted by atomic mass is 19.1. The summed E-state index contributed by atoms with van der Waals surface area (Å²) in [6.45, 7) is 3.40. The monoisotopic (exact) mass is 116 g/mol. The van der Waals surface area contributed by atoms with Crippen LogP contribution in [0, 0.1) is 0 Å². The first-order valence-corrected chi connectivity index (χ1v) is 2.52. The third-order valence-corrected chi connectivity index (χ3v) is 1.04. The fourth-order valence-corrected chi connectivity index (χ4v) is 0.269. The van der Waals surface area contributed by atoms with E-state index in [-0.39, 0.29) is 6.29 Å². The molecule has 46 valence electrons. The van der Waals surface area contributed by atoms with Gasteiger partial charge in [0, 0.05) is 0 Å². The molecule has 0 unspecified atom stereocenters. The van der Waals surface area contributed by atoms with Crippen LogP contribution < -0.4 is 0 Å². The van der Waals surface area contributed by atoms with Crippen LogP contribution in [0.5, 0.6) is 0 Å². The van der Waals surface area contributed by atoms with Crippen molar-refractivity contribution in [1.82, 2.24) is 0 Å². The molecule has 0 saturated carbocycles. The largest absolute Gasteiger partial charge is 0.295 e. The van der Waals surface area contributed by atoms with Gasteiger partial charge in [-0.2, -0.15) is 0 Å². The summed E-state index contributed by atoms with van der Waals surface area (Å²) in [7, 11) is 0. The minimum atomic E-state index is -0.632. The van der Waals surface area contributed by atoms with Crippen LogP contribution in [0.2, 0.25) is 0 Å². The number of rotatable bonds is 2. The second kappa shape index (κ2) is 3.36. The van der Waals surface area contributed by atoms with Crippen LogP contribution in [-0.4, -0.2) is 6.29 Å². The number of halogens is 1. The quantitative estimate of drug-likeness (QED) is 0.397. The first-order valence-electron chi connectivity index (χ1n) is 2.52. The van der Waals surface area contributed by atoms with Gasteiger partial charge in [0.05, 0.1) is 0 Å². The summed E-state index contributed by atoms with van der Waals surface area (Å²) in [6.07, 6.45) is 0.837. The molecule has 0 aromatic rings. The summed E-state index contributed by atoms with van der Waals surface area (Å²) < 4.78 is 12.0. The van der Waals surface area contributed by atoms with E-state index in [1.54, 1.807) is 13.8 Å². The molecule has 1 nitrogen and oxygen atoms in total. The molecule has 2 heteroatoms. The van der Waals surface area contributed by atoms with Crippen molar-refractivity contribution < 1.29 is 9.18 Å². The topological polar surface area (TPSA) is 17.1 Å². The van der Waals surface area contributed by atoms with E-state index in [4.69, 9.17) is 0 Å². The van der Waals surface area contributed by atoms with Gasteiger partial charge in [-0.05, 0) is 18.9 Å². The van der Waals surface area contributed by atoms with Crippen molar-refractivity contribution in [3.63, 3.8) is 0 Å². The third-order valence-electron chi connectivity index (χ3n) is 1.04. The van der Waals surface area contributed by atoms with Crippen molar-refractivity contribution in [1.29, 1.82) is 0 Å². The van der Waals surface area contributed by atoms with Crippen molar-refractivity contribution in [2.45, 2.75) is 20.3 Å². The Morgan fingerprint density at radius 2 is 2.25 bits per heavy atom. The lowest BCUT2D eigenvalue weighted by Gasteiger charge is -1.89. The molecule has 0 aliphatic carbocycles. The van der Waals surface area contributed by atoms with Gasteiger partial charge in [-0.3, -0.25) is 4.79 Å². The Labute approximate surface area is 48.2 Å². The zero-order chi connectivity index (χ0) is 6.57. The van der Waals surface area contributed by atoms with E-state index < -0.39 is 5.83 Å². The molecule has 0 N–H and O–H groups in total. The molecule has 0 bridgehead atoms. The third kappa shape index (κ3) is 1.87. The van der Waals surface area contributed by atoms with Crippen LogP contribution in [-0.2, 0) is 4.79 Å². The molecule has 0 radical (unpaired) electrons. The maximum absolute atomic E-state index is 12.0. The number of allylic oxidation sites excluding steroid dienone is 2. The molecule has 0 aliphatic rings. The second-order valence-corrected chi connectivity index (χ2v) is 1.60. The highest BCUT2D eigenvalue weighted by Gasteiger charge is 1.93. The van der Waals surface area contributed by atoms with Crippen molar-refractivity contribution in [3.8, 4) is 0 Å². The lowest BCUT2D eigenvalue weighted by Crippen LogP contribution is -1.80. The van der Waals surface area contributed by atoms with Gasteiger partial charge in [-0.25, -0.2) is 4.39 Å². The predicted octanol–water partition coefficient (Wildman–Crippen LogP) is 1.84. The predicted molar refractivity (Wildman–Crippen MR) is 30.2 cm³/mol. The summed E-state index contributed by atoms with van der Waals surface area (Å²) in [6, 6.07) is 0. The summed E-state index contributed by atoms with van der Waals surface area (Å²) in [5, 5.41) is 0. The fourth-order valence-electron chi connectivity index (χ4n) is 0.269. The first kappa shape index (κ1) is 7.34. The first-order chi connectivity index (χ1) is 3.72. The standard InChI is InChI=1S/C6H9FO/c1-3-5(2)6(7)4-8/h4H,3H2,1-2H3/b6-5-. The Morgan fingerprint density at radius 1 is 1.75 bits per heavy atom. The Kier molecular flexibility index (Phi) is 3.08. The highest BCUT2D eigenvalue weighted by molar-refractivity contribution is 5.70. The van der Waals surface area contributed by atoms with Gasteiger partial charge in [0.15, 0.2) is 12.1 Å². The summed E-state index contributed by atoms with van der Waals surface area (Å²) in [5.41, 5.74) is 0.514. The van der Waals surface area contributed by atoms with Crippen LogP contribution in [0.15, 0.2) is 11.4 Å². The van der Waals surface area contributed by atoms with E-state index in [0.717, 1.165) is 0 Å². The lowest BCUT2D eigenvalue weighted by molar-refractivity contribution is -0.106. The van der Waals surface area contributed by atoms with E-state index in [1.807, 2.05) is 0 Å². The maximum atomic E-state index is 12.0. The van der Waals surface area contributed by atoms with Gasteiger partial charge in [0.1, 0.15) is 0 Å². The minimum Gasteiger partial charge on any atom is -0.295 e. The molecular weight excluding hydrogens is 107 g/mol. The maximum Gasteiger partial charge on any atom is 0.178 e. The smallest absolute Gasteiger partial charge is 0.178 e. The molecule has 0 spiro atoms. The highest BCUT2D eigenvalue weighted by Crippen LogP contribution is 2.05. The Hall–Kier alpha value is -0.660. The SMILES string of the molecule is CC/C(C)=C(\F)C=O. The second-order valence-electron chi connectivity index (χ2n) is 1.60. The molecule has 0 saturated heterocycles. The van der Waals surface area contributed by atoms with Crippen molar-refractivity contribution >= 4 is 6.29 Å². The molecule has 8 heavy (non-hydrogen) atoms. The average molecular weight is 116 g/mol. The van der Waals surface area contributed by atoms with Gasteiger partial charge < -0.3 is 0 Å². The molecular formula is C6H9FO. The Balaban J connectivity index is 4.03. The molecule has 0 rings (SSSR count). The van der Waals surface area contributed by atoms with Crippen LogP contribution in [0.1, 0.15) is 20.3 Å². The molecule has 0 fully saturated rings. The average Bonchev–Trinajstić information content (AvgIpc) is 1.84. The van der Waals surface area contributed by atoms with Crippen LogP contribution >= 0.6 is 0 Å². The number of hydrogen-bond acceptors (Lipinski definition) is 1.